The fourth-order valence-electron chi connectivity index (χ4n) is 1.51. The number of hydrogen-bond acceptors (Lipinski definition) is 5. The van der Waals surface area contributed by atoms with E-state index in [4.69, 9.17) is 5.73 Å². The summed E-state index contributed by atoms with van der Waals surface area (Å²) in [5, 5.41) is 1.59. The zero-order chi connectivity index (χ0) is 13.9. The molecular weight excluding hydrogens is 286 g/mol. The predicted octanol–water partition coefficient (Wildman–Crippen LogP) is 0.638. The third kappa shape index (κ3) is 3.91. The fraction of sp³-hybridized carbons (Fsp3) is 0.182. The normalized spacial score (nSPS) is 11.6. The molecule has 0 spiro atoms. The van der Waals surface area contributed by atoms with E-state index in [0.29, 0.717) is 16.9 Å². The molecule has 1 aromatic heterocycles. The quantitative estimate of drug-likeness (QED) is 0.704. The largest absolute Gasteiger partial charge is 0.398 e. The minimum absolute atomic E-state index is 0.0633. The summed E-state index contributed by atoms with van der Waals surface area (Å²) in [5.74, 6) is -0.186. The lowest BCUT2D eigenvalue weighted by molar-refractivity contribution is 0.579. The van der Waals surface area contributed by atoms with Crippen molar-refractivity contribution in [2.24, 2.45) is 0 Å². The molecule has 0 radical (unpaired) electrons. The Morgan fingerprint density at radius 2 is 2.05 bits per heavy atom. The number of aromatic amines is 1. The Morgan fingerprint density at radius 1 is 1.32 bits per heavy atom. The Labute approximate surface area is 114 Å². The van der Waals surface area contributed by atoms with E-state index in [9.17, 15) is 13.2 Å². The summed E-state index contributed by atoms with van der Waals surface area (Å²) in [6.07, 6.45) is 0. The van der Waals surface area contributed by atoms with Gasteiger partial charge in [-0.15, -0.1) is 0 Å². The molecule has 0 unspecified atom stereocenters. The number of anilines is 1. The molecule has 0 atom stereocenters. The number of H-pyrrole nitrogens is 1. The summed E-state index contributed by atoms with van der Waals surface area (Å²) in [4.78, 5) is 13.2. The number of benzene rings is 1. The Hall–Kier alpha value is -1.64. The van der Waals surface area contributed by atoms with Crippen molar-refractivity contribution in [1.82, 2.24) is 9.71 Å². The van der Waals surface area contributed by atoms with E-state index in [1.165, 1.54) is 0 Å². The molecule has 0 fully saturated rings. The van der Waals surface area contributed by atoms with Gasteiger partial charge in [-0.1, -0.05) is 29.5 Å². The molecular formula is C11H13N3O3S2. The van der Waals surface area contributed by atoms with Crippen LogP contribution >= 0.6 is 11.3 Å². The van der Waals surface area contributed by atoms with Crippen LogP contribution in [0.2, 0.25) is 0 Å². The van der Waals surface area contributed by atoms with Crippen molar-refractivity contribution in [1.29, 1.82) is 0 Å². The van der Waals surface area contributed by atoms with Crippen molar-refractivity contribution in [2.45, 2.75) is 12.3 Å². The molecule has 0 aliphatic carbocycles. The monoisotopic (exact) mass is 299 g/mol. The highest BCUT2D eigenvalue weighted by Crippen LogP contribution is 2.13. The van der Waals surface area contributed by atoms with Gasteiger partial charge in [-0.3, -0.25) is 4.79 Å². The number of nitrogen functional groups attached to an aromatic ring is 1. The van der Waals surface area contributed by atoms with Crippen LogP contribution in [0.15, 0.2) is 34.4 Å². The molecule has 0 saturated carbocycles. The highest BCUT2D eigenvalue weighted by Gasteiger charge is 2.13. The molecule has 0 amide bonds. The van der Waals surface area contributed by atoms with Gasteiger partial charge in [-0.2, -0.15) is 0 Å². The summed E-state index contributed by atoms with van der Waals surface area (Å²) in [6.45, 7) is 0.0633. The average molecular weight is 299 g/mol. The summed E-state index contributed by atoms with van der Waals surface area (Å²) in [6, 6.07) is 6.80. The third-order valence-corrected chi connectivity index (χ3v) is 4.45. The minimum atomic E-state index is -3.49. The first kappa shape index (κ1) is 13.8. The van der Waals surface area contributed by atoms with E-state index in [0.717, 1.165) is 11.3 Å². The molecule has 2 aromatic rings. The lowest BCUT2D eigenvalue weighted by Gasteiger charge is -2.07. The molecule has 8 heteroatoms. The molecule has 1 heterocycles. The number of nitrogens with one attached hydrogen (secondary N) is 2. The van der Waals surface area contributed by atoms with Crippen LogP contribution in [0.25, 0.3) is 0 Å². The maximum Gasteiger partial charge on any atom is 0.304 e. The Balaban J connectivity index is 2.03. The van der Waals surface area contributed by atoms with Gasteiger partial charge < -0.3 is 10.7 Å². The Morgan fingerprint density at radius 3 is 2.68 bits per heavy atom. The summed E-state index contributed by atoms with van der Waals surface area (Å²) in [5.41, 5.74) is 7.23. The van der Waals surface area contributed by atoms with Crippen LogP contribution in [0, 0.1) is 0 Å². The van der Waals surface area contributed by atoms with Crippen LogP contribution in [0.3, 0.4) is 0 Å². The number of para-hydroxylation sites is 1. The molecule has 0 aliphatic rings. The second-order valence-electron chi connectivity index (χ2n) is 3.95. The molecule has 4 N–H and O–H groups in total. The van der Waals surface area contributed by atoms with E-state index < -0.39 is 10.0 Å². The van der Waals surface area contributed by atoms with Gasteiger partial charge in [0.25, 0.3) is 0 Å². The van der Waals surface area contributed by atoms with Gasteiger partial charge in [0.1, 0.15) is 0 Å². The number of sulfonamides is 1. The zero-order valence-electron chi connectivity index (χ0n) is 9.92. The third-order valence-electron chi connectivity index (χ3n) is 2.45. The van der Waals surface area contributed by atoms with E-state index in [1.54, 1.807) is 29.6 Å². The van der Waals surface area contributed by atoms with E-state index in [1.807, 2.05) is 0 Å². The van der Waals surface area contributed by atoms with Crippen molar-refractivity contribution in [2.75, 3.05) is 5.73 Å². The molecule has 6 nitrogen and oxygen atoms in total. The molecule has 19 heavy (non-hydrogen) atoms. The van der Waals surface area contributed by atoms with Gasteiger partial charge in [0, 0.05) is 16.8 Å². The first-order valence-electron chi connectivity index (χ1n) is 5.44. The van der Waals surface area contributed by atoms with E-state index in [2.05, 4.69) is 9.71 Å². The Kier molecular flexibility index (Phi) is 4.03. The zero-order valence-corrected chi connectivity index (χ0v) is 11.6. The maximum absolute atomic E-state index is 11.9. The van der Waals surface area contributed by atoms with Gasteiger partial charge >= 0.3 is 4.87 Å². The summed E-state index contributed by atoms with van der Waals surface area (Å²) in [7, 11) is -3.49. The number of thiazole rings is 1. The highest BCUT2D eigenvalue weighted by molar-refractivity contribution is 7.88. The first-order valence-corrected chi connectivity index (χ1v) is 7.97. The van der Waals surface area contributed by atoms with Gasteiger partial charge in [-0.05, 0) is 11.6 Å². The topological polar surface area (TPSA) is 105 Å². The van der Waals surface area contributed by atoms with Crippen LogP contribution in [0.5, 0.6) is 0 Å². The van der Waals surface area contributed by atoms with Crippen LogP contribution in [0.4, 0.5) is 5.69 Å². The molecule has 0 saturated heterocycles. The van der Waals surface area contributed by atoms with E-state index in [-0.39, 0.29) is 17.2 Å². The number of rotatable bonds is 5. The van der Waals surface area contributed by atoms with Crippen molar-refractivity contribution in [3.05, 3.63) is 50.6 Å². The summed E-state index contributed by atoms with van der Waals surface area (Å²) >= 11 is 0.995. The van der Waals surface area contributed by atoms with Crippen molar-refractivity contribution in [3.8, 4) is 0 Å². The minimum Gasteiger partial charge on any atom is -0.398 e. The average Bonchev–Trinajstić information content (AvgIpc) is 2.76. The van der Waals surface area contributed by atoms with Gasteiger partial charge in [0.2, 0.25) is 10.0 Å². The SMILES string of the molecule is Nc1ccccc1CS(=O)(=O)NCc1csc(=O)[nH]1. The standard InChI is InChI=1S/C11H13N3O3S2/c12-10-4-2-1-3-8(10)7-19(16,17)13-5-9-6-18-11(15)14-9/h1-4,6,13H,5,7,12H2,(H,14,15). The first-order chi connectivity index (χ1) is 8.96. The van der Waals surface area contributed by atoms with Crippen molar-refractivity contribution < 1.29 is 8.42 Å². The highest BCUT2D eigenvalue weighted by atomic mass is 32.2. The van der Waals surface area contributed by atoms with Crippen molar-refractivity contribution >= 4 is 27.0 Å². The number of hydrogen-bond donors (Lipinski definition) is 3. The predicted molar refractivity (Wildman–Crippen MR) is 75.3 cm³/mol. The Bertz CT molecular complexity index is 719. The lowest BCUT2D eigenvalue weighted by Crippen LogP contribution is -2.25. The van der Waals surface area contributed by atoms with Gasteiger partial charge in [-0.25, -0.2) is 13.1 Å². The summed E-state index contributed by atoms with van der Waals surface area (Å²) < 4.78 is 26.2. The second-order valence-corrected chi connectivity index (χ2v) is 6.60. The van der Waals surface area contributed by atoms with Gasteiger partial charge in [0.15, 0.2) is 0 Å². The molecule has 102 valence electrons. The smallest absolute Gasteiger partial charge is 0.304 e. The van der Waals surface area contributed by atoms with E-state index >= 15 is 0 Å². The van der Waals surface area contributed by atoms with Crippen LogP contribution < -0.4 is 15.3 Å². The molecule has 2 rings (SSSR count). The van der Waals surface area contributed by atoms with Gasteiger partial charge in [0.05, 0.1) is 12.3 Å². The van der Waals surface area contributed by atoms with Crippen LogP contribution in [0.1, 0.15) is 11.3 Å². The molecule has 0 bridgehead atoms. The lowest BCUT2D eigenvalue weighted by atomic mass is 10.2. The maximum atomic E-state index is 11.9. The molecule has 0 aliphatic heterocycles. The number of nitrogens with two attached hydrogens (primary N) is 1. The number of aromatic nitrogens is 1. The van der Waals surface area contributed by atoms with Crippen molar-refractivity contribution in [3.63, 3.8) is 0 Å². The fourth-order valence-corrected chi connectivity index (χ4v) is 3.24. The second kappa shape index (κ2) is 5.55. The van der Waals surface area contributed by atoms with Crippen LogP contribution in [-0.4, -0.2) is 13.4 Å². The van der Waals surface area contributed by atoms with Crippen LogP contribution in [-0.2, 0) is 22.3 Å². The molecule has 1 aromatic carbocycles.